The van der Waals surface area contributed by atoms with Gasteiger partial charge < -0.3 is 16.4 Å². The molecule has 0 aliphatic heterocycles. The van der Waals surface area contributed by atoms with Crippen LogP contribution >= 0.6 is 35.6 Å². The minimum Gasteiger partial charge on any atom is -0.346 e. The maximum Gasteiger partial charge on any atom is 0.243 e. The van der Waals surface area contributed by atoms with Gasteiger partial charge in [-0.3, -0.25) is 9.59 Å². The minimum atomic E-state index is -0.595. The Morgan fingerprint density at radius 2 is 2.00 bits per heavy atom. The highest BCUT2D eigenvalue weighted by Crippen LogP contribution is 2.25. The second kappa shape index (κ2) is 9.84. The first-order valence-corrected chi connectivity index (χ1v) is 6.97. The summed E-state index contributed by atoms with van der Waals surface area (Å²) in [6, 6.07) is 4.13. The topological polar surface area (TPSA) is 84.2 Å². The number of carbonyl (C=O) groups excluding carboxylic acids is 2. The molecule has 1 unspecified atom stereocenters. The number of nitrogens with one attached hydrogen (secondary N) is 2. The van der Waals surface area contributed by atoms with E-state index >= 15 is 0 Å². The standard InChI is InChI=1S/C13H17Cl2N3O2.ClH/c1-2-3-10(16)13(20)17-7-12(19)18-11-6-8(14)4-5-9(11)15;/h4-6,10H,2-3,7,16H2,1H3,(H,17,20)(H,18,19);1H. The average Bonchev–Trinajstić information content (AvgIpc) is 2.40. The predicted molar refractivity (Wildman–Crippen MR) is 88.2 cm³/mol. The molecule has 1 aromatic rings. The lowest BCUT2D eigenvalue weighted by Gasteiger charge is -2.12. The van der Waals surface area contributed by atoms with Crippen molar-refractivity contribution in [1.82, 2.24) is 5.32 Å². The molecule has 0 spiro atoms. The summed E-state index contributed by atoms with van der Waals surface area (Å²) in [5.74, 6) is -0.745. The van der Waals surface area contributed by atoms with Crippen LogP contribution in [0.2, 0.25) is 10.0 Å². The van der Waals surface area contributed by atoms with E-state index in [1.165, 1.54) is 6.07 Å². The van der Waals surface area contributed by atoms with Crippen molar-refractivity contribution >= 4 is 53.1 Å². The van der Waals surface area contributed by atoms with Crippen molar-refractivity contribution in [2.24, 2.45) is 5.73 Å². The molecular weight excluding hydrogens is 337 g/mol. The van der Waals surface area contributed by atoms with Crippen LogP contribution < -0.4 is 16.4 Å². The van der Waals surface area contributed by atoms with E-state index in [9.17, 15) is 9.59 Å². The first kappa shape index (κ1) is 20.0. The monoisotopic (exact) mass is 353 g/mol. The fourth-order valence-corrected chi connectivity index (χ4v) is 1.87. The van der Waals surface area contributed by atoms with Crippen molar-refractivity contribution in [3.8, 4) is 0 Å². The summed E-state index contributed by atoms with van der Waals surface area (Å²) in [5, 5.41) is 5.86. The van der Waals surface area contributed by atoms with Crippen LogP contribution in [-0.2, 0) is 9.59 Å². The highest BCUT2D eigenvalue weighted by Gasteiger charge is 2.13. The maximum atomic E-state index is 11.7. The molecule has 2 amide bonds. The molecule has 0 aromatic heterocycles. The molecule has 118 valence electrons. The van der Waals surface area contributed by atoms with Crippen LogP contribution in [-0.4, -0.2) is 24.4 Å². The van der Waals surface area contributed by atoms with Crippen LogP contribution in [0.1, 0.15) is 19.8 Å². The Bertz CT molecular complexity index is 498. The van der Waals surface area contributed by atoms with Crippen LogP contribution in [0.3, 0.4) is 0 Å². The van der Waals surface area contributed by atoms with Gasteiger partial charge in [0.1, 0.15) is 0 Å². The van der Waals surface area contributed by atoms with Crippen molar-refractivity contribution in [3.63, 3.8) is 0 Å². The molecule has 8 heteroatoms. The molecule has 1 rings (SSSR count). The molecule has 0 aliphatic carbocycles. The third-order valence-corrected chi connectivity index (χ3v) is 3.13. The Morgan fingerprint density at radius 3 is 2.62 bits per heavy atom. The summed E-state index contributed by atoms with van der Waals surface area (Å²) in [6.45, 7) is 1.76. The van der Waals surface area contributed by atoms with E-state index in [2.05, 4.69) is 10.6 Å². The molecule has 1 aromatic carbocycles. The molecule has 1 atom stereocenters. The second-order valence-corrected chi connectivity index (χ2v) is 5.13. The van der Waals surface area contributed by atoms with Gasteiger partial charge in [0.15, 0.2) is 0 Å². The summed E-state index contributed by atoms with van der Waals surface area (Å²) in [4.78, 5) is 23.2. The molecule has 0 saturated heterocycles. The van der Waals surface area contributed by atoms with Crippen molar-refractivity contribution in [1.29, 1.82) is 0 Å². The minimum absolute atomic E-state index is 0. The lowest BCUT2D eigenvalue weighted by molar-refractivity contribution is -0.125. The summed E-state index contributed by atoms with van der Waals surface area (Å²) in [5.41, 5.74) is 6.03. The molecule has 21 heavy (non-hydrogen) atoms. The number of hydrogen-bond donors (Lipinski definition) is 3. The lowest BCUT2D eigenvalue weighted by Crippen LogP contribution is -2.43. The Labute approximate surface area is 140 Å². The van der Waals surface area contributed by atoms with Crippen molar-refractivity contribution < 1.29 is 9.59 Å². The highest BCUT2D eigenvalue weighted by atomic mass is 35.5. The molecule has 0 bridgehead atoms. The number of nitrogens with two attached hydrogens (primary N) is 1. The molecule has 0 saturated carbocycles. The summed E-state index contributed by atoms with van der Waals surface area (Å²) < 4.78 is 0. The molecule has 0 heterocycles. The predicted octanol–water partition coefficient (Wildman–Crippen LogP) is 2.60. The first-order chi connectivity index (χ1) is 9.43. The third-order valence-electron chi connectivity index (χ3n) is 2.56. The molecule has 5 nitrogen and oxygen atoms in total. The Morgan fingerprint density at radius 1 is 1.33 bits per heavy atom. The molecular formula is C13H18Cl3N3O2. The van der Waals surface area contributed by atoms with Crippen LogP contribution in [0.4, 0.5) is 5.69 Å². The average molecular weight is 355 g/mol. The Balaban J connectivity index is 0.00000400. The van der Waals surface area contributed by atoms with Crippen molar-refractivity contribution in [2.75, 3.05) is 11.9 Å². The quantitative estimate of drug-likeness (QED) is 0.734. The number of benzene rings is 1. The first-order valence-electron chi connectivity index (χ1n) is 6.22. The molecule has 0 fully saturated rings. The largest absolute Gasteiger partial charge is 0.346 e. The third kappa shape index (κ3) is 7.00. The molecule has 0 aliphatic rings. The van der Waals surface area contributed by atoms with Gasteiger partial charge in [-0.05, 0) is 24.6 Å². The molecule has 4 N–H and O–H groups in total. The van der Waals surface area contributed by atoms with Gasteiger partial charge in [-0.2, -0.15) is 0 Å². The van der Waals surface area contributed by atoms with Gasteiger partial charge in [-0.25, -0.2) is 0 Å². The van der Waals surface area contributed by atoms with E-state index in [-0.39, 0.29) is 24.9 Å². The van der Waals surface area contributed by atoms with Gasteiger partial charge in [0, 0.05) is 5.02 Å². The number of halogens is 3. The van der Waals surface area contributed by atoms with Crippen molar-refractivity contribution in [2.45, 2.75) is 25.8 Å². The maximum absolute atomic E-state index is 11.7. The Hall–Kier alpha value is -1.01. The van der Waals surface area contributed by atoms with Crippen LogP contribution in [0.25, 0.3) is 0 Å². The number of rotatable bonds is 6. The number of anilines is 1. The summed E-state index contributed by atoms with van der Waals surface area (Å²) in [7, 11) is 0. The summed E-state index contributed by atoms with van der Waals surface area (Å²) >= 11 is 11.7. The zero-order valence-corrected chi connectivity index (χ0v) is 13.8. The van der Waals surface area contributed by atoms with Gasteiger partial charge in [0.05, 0.1) is 23.3 Å². The highest BCUT2D eigenvalue weighted by molar-refractivity contribution is 6.35. The smallest absolute Gasteiger partial charge is 0.243 e. The van der Waals surface area contributed by atoms with Crippen molar-refractivity contribution in [3.05, 3.63) is 28.2 Å². The number of amides is 2. The van der Waals surface area contributed by atoms with Gasteiger partial charge in [0.2, 0.25) is 11.8 Å². The van der Waals surface area contributed by atoms with Crippen LogP contribution in [0, 0.1) is 0 Å². The normalized spacial score (nSPS) is 11.2. The van der Waals surface area contributed by atoms with Gasteiger partial charge in [-0.1, -0.05) is 36.5 Å². The fraction of sp³-hybridized carbons (Fsp3) is 0.385. The zero-order valence-electron chi connectivity index (χ0n) is 11.5. The van der Waals surface area contributed by atoms with Gasteiger partial charge >= 0.3 is 0 Å². The SMILES string of the molecule is CCCC(N)C(=O)NCC(=O)Nc1cc(Cl)ccc1Cl.Cl. The summed E-state index contributed by atoms with van der Waals surface area (Å²) in [6.07, 6.45) is 1.38. The fourth-order valence-electron chi connectivity index (χ4n) is 1.53. The zero-order chi connectivity index (χ0) is 15.1. The van der Waals surface area contributed by atoms with E-state index < -0.39 is 11.9 Å². The van der Waals surface area contributed by atoms with E-state index in [1.807, 2.05) is 6.92 Å². The lowest BCUT2D eigenvalue weighted by atomic mass is 10.2. The van der Waals surface area contributed by atoms with E-state index in [4.69, 9.17) is 28.9 Å². The molecule has 0 radical (unpaired) electrons. The number of hydrogen-bond acceptors (Lipinski definition) is 3. The van der Waals surface area contributed by atoms with Gasteiger partial charge in [0.25, 0.3) is 0 Å². The number of carbonyl (C=O) groups is 2. The van der Waals surface area contributed by atoms with Gasteiger partial charge in [-0.15, -0.1) is 12.4 Å². The van der Waals surface area contributed by atoms with E-state index in [0.717, 1.165) is 6.42 Å². The van der Waals surface area contributed by atoms with E-state index in [0.29, 0.717) is 22.2 Å². The Kier molecular flexibility index (Phi) is 9.37. The van der Waals surface area contributed by atoms with Crippen LogP contribution in [0.15, 0.2) is 18.2 Å². The van der Waals surface area contributed by atoms with E-state index in [1.54, 1.807) is 12.1 Å². The van der Waals surface area contributed by atoms with Crippen LogP contribution in [0.5, 0.6) is 0 Å². The second-order valence-electron chi connectivity index (χ2n) is 4.29.